The predicted octanol–water partition coefficient (Wildman–Crippen LogP) is 4.35. The Hall–Kier alpha value is -0.150. The number of hydrogen-bond donors (Lipinski definition) is 0. The number of carbonyl (C=O) groups is 1. The van der Waals surface area contributed by atoms with E-state index in [1.54, 1.807) is 0 Å². The highest BCUT2D eigenvalue weighted by Gasteiger charge is 2.16. The smallest absolute Gasteiger partial charge is 0.146 e. The Morgan fingerprint density at radius 1 is 1.31 bits per heavy atom. The van der Waals surface area contributed by atoms with Crippen LogP contribution in [-0.4, -0.2) is 10.6 Å². The van der Waals surface area contributed by atoms with E-state index < -0.39 is 0 Å². The van der Waals surface area contributed by atoms with Crippen LogP contribution in [0.4, 0.5) is 0 Å². The van der Waals surface area contributed by atoms with Gasteiger partial charge in [-0.2, -0.15) is 0 Å². The molecule has 0 bridgehead atoms. The number of benzene rings is 1. The number of hydrogen-bond acceptors (Lipinski definition) is 1. The van der Waals surface area contributed by atoms with Crippen LogP contribution in [0, 0.1) is 13.8 Å². The monoisotopic (exact) mass is 346 g/mol. The van der Waals surface area contributed by atoms with Crippen molar-refractivity contribution in [3.8, 4) is 0 Å². The quantitative estimate of drug-likeness (QED) is 0.740. The summed E-state index contributed by atoms with van der Waals surface area (Å²) in [6, 6.07) is 4.19. The van der Waals surface area contributed by atoms with E-state index in [4.69, 9.17) is 0 Å². The maximum absolute atomic E-state index is 11.5. The normalized spacial score (nSPS) is 12.6. The third kappa shape index (κ3) is 3.42. The van der Waals surface area contributed by atoms with E-state index in [0.29, 0.717) is 6.42 Å². The number of Topliss-reactive ketones (excluding diaryl/α,β-unsaturated/α-hetero) is 1. The summed E-state index contributed by atoms with van der Waals surface area (Å²) in [5, 5.41) is 0. The molecule has 1 aromatic rings. The second kappa shape index (κ2) is 5.97. The van der Waals surface area contributed by atoms with E-state index in [9.17, 15) is 4.79 Å². The zero-order valence-electron chi connectivity index (χ0n) is 9.81. The molecule has 0 radical (unpaired) electrons. The first kappa shape index (κ1) is 13.9. The van der Waals surface area contributed by atoms with Crippen molar-refractivity contribution >= 4 is 37.6 Å². The lowest BCUT2D eigenvalue weighted by Crippen LogP contribution is -2.16. The van der Waals surface area contributed by atoms with Gasteiger partial charge in [0.25, 0.3) is 0 Å². The lowest BCUT2D eigenvalue weighted by Gasteiger charge is -2.13. The fourth-order valence-corrected chi connectivity index (χ4v) is 3.11. The molecule has 1 unspecified atom stereocenters. The molecule has 0 aliphatic carbocycles. The van der Waals surface area contributed by atoms with Gasteiger partial charge in [-0.3, -0.25) is 4.79 Å². The molecule has 0 aliphatic heterocycles. The molecule has 0 fully saturated rings. The zero-order valence-corrected chi connectivity index (χ0v) is 13.0. The lowest BCUT2D eigenvalue weighted by atomic mass is 9.97. The largest absolute Gasteiger partial charge is 0.298 e. The average molecular weight is 348 g/mol. The van der Waals surface area contributed by atoms with Crippen LogP contribution in [0.25, 0.3) is 0 Å². The summed E-state index contributed by atoms with van der Waals surface area (Å²) < 4.78 is 1.10. The van der Waals surface area contributed by atoms with Gasteiger partial charge in [0.15, 0.2) is 0 Å². The van der Waals surface area contributed by atoms with Crippen molar-refractivity contribution in [2.75, 3.05) is 0 Å². The number of halogens is 2. The molecule has 0 spiro atoms. The molecule has 0 aromatic heterocycles. The summed E-state index contributed by atoms with van der Waals surface area (Å²) in [5.74, 6) is 0.265. The molecule has 1 nitrogen and oxygen atoms in total. The first-order valence-electron chi connectivity index (χ1n) is 5.38. The molecule has 0 saturated carbocycles. The van der Waals surface area contributed by atoms with Crippen molar-refractivity contribution in [1.29, 1.82) is 0 Å². The van der Waals surface area contributed by atoms with E-state index in [1.165, 1.54) is 16.7 Å². The van der Waals surface area contributed by atoms with E-state index in [-0.39, 0.29) is 10.6 Å². The molecular formula is C13H16Br2O. The van der Waals surface area contributed by atoms with Gasteiger partial charge >= 0.3 is 0 Å². The molecule has 1 aromatic carbocycles. The van der Waals surface area contributed by atoms with Crippen molar-refractivity contribution in [2.24, 2.45) is 0 Å². The maximum atomic E-state index is 11.5. The third-order valence-electron chi connectivity index (χ3n) is 2.74. The molecule has 1 atom stereocenters. The fourth-order valence-electron chi connectivity index (χ4n) is 1.78. The number of alkyl halides is 1. The van der Waals surface area contributed by atoms with E-state index in [2.05, 4.69) is 57.8 Å². The molecule has 16 heavy (non-hydrogen) atoms. The second-order valence-corrected chi connectivity index (χ2v) is 6.03. The van der Waals surface area contributed by atoms with Crippen LogP contribution < -0.4 is 0 Å². The summed E-state index contributed by atoms with van der Waals surface area (Å²) in [4.78, 5) is 11.5. The van der Waals surface area contributed by atoms with Gasteiger partial charge in [-0.1, -0.05) is 38.8 Å². The molecule has 1 rings (SSSR count). The minimum absolute atomic E-state index is 0.0592. The van der Waals surface area contributed by atoms with E-state index in [1.807, 2.05) is 6.92 Å². The molecule has 88 valence electrons. The Bertz CT molecular complexity index is 376. The van der Waals surface area contributed by atoms with Crippen LogP contribution in [0.15, 0.2) is 16.6 Å². The van der Waals surface area contributed by atoms with Gasteiger partial charge in [-0.25, -0.2) is 0 Å². The zero-order chi connectivity index (χ0) is 12.3. The predicted molar refractivity (Wildman–Crippen MR) is 75.3 cm³/mol. The van der Waals surface area contributed by atoms with E-state index >= 15 is 0 Å². The second-order valence-electron chi connectivity index (χ2n) is 4.01. The highest BCUT2D eigenvalue weighted by atomic mass is 79.9. The first-order valence-corrected chi connectivity index (χ1v) is 7.09. The Morgan fingerprint density at radius 2 is 1.81 bits per heavy atom. The summed E-state index contributed by atoms with van der Waals surface area (Å²) in [7, 11) is 0. The SMILES string of the molecule is CCC(=O)C(Br)Cc1c(C)cc(Br)cc1C. The molecule has 0 saturated heterocycles. The molecule has 3 heteroatoms. The summed E-state index contributed by atoms with van der Waals surface area (Å²) in [6.45, 7) is 6.07. The minimum Gasteiger partial charge on any atom is -0.298 e. The van der Waals surface area contributed by atoms with Crippen molar-refractivity contribution in [1.82, 2.24) is 0 Å². The molecule has 0 aliphatic rings. The maximum Gasteiger partial charge on any atom is 0.146 e. The van der Waals surface area contributed by atoms with Crippen molar-refractivity contribution < 1.29 is 4.79 Å². The fraction of sp³-hybridized carbons (Fsp3) is 0.462. The first-order chi connectivity index (χ1) is 7.45. The highest BCUT2D eigenvalue weighted by Crippen LogP contribution is 2.23. The third-order valence-corrected chi connectivity index (χ3v) is 4.03. The summed E-state index contributed by atoms with van der Waals surface area (Å²) in [6.07, 6.45) is 1.36. The lowest BCUT2D eigenvalue weighted by molar-refractivity contribution is -0.118. The topological polar surface area (TPSA) is 17.1 Å². The van der Waals surface area contributed by atoms with Crippen LogP contribution >= 0.6 is 31.9 Å². The van der Waals surface area contributed by atoms with Crippen LogP contribution in [0.2, 0.25) is 0 Å². The van der Waals surface area contributed by atoms with Gasteiger partial charge in [-0.05, 0) is 49.1 Å². The molecule has 0 heterocycles. The molecule has 0 amide bonds. The van der Waals surface area contributed by atoms with Gasteiger partial charge in [0.05, 0.1) is 4.83 Å². The standard InChI is InChI=1S/C13H16Br2O/c1-4-13(16)12(15)7-11-8(2)5-10(14)6-9(11)3/h5-6,12H,4,7H2,1-3H3. The average Bonchev–Trinajstić information content (AvgIpc) is 2.21. The number of rotatable bonds is 4. The molecular weight excluding hydrogens is 332 g/mol. The Balaban J connectivity index is 2.93. The van der Waals surface area contributed by atoms with Crippen LogP contribution in [0.1, 0.15) is 30.0 Å². The van der Waals surface area contributed by atoms with Gasteiger partial charge in [0, 0.05) is 10.9 Å². The number of ketones is 1. The van der Waals surface area contributed by atoms with Gasteiger partial charge in [0.2, 0.25) is 0 Å². The van der Waals surface area contributed by atoms with Gasteiger partial charge in [0.1, 0.15) is 5.78 Å². The van der Waals surface area contributed by atoms with Crippen LogP contribution in [0.3, 0.4) is 0 Å². The molecule has 0 N–H and O–H groups in total. The number of aryl methyl sites for hydroxylation is 2. The minimum atomic E-state index is -0.0592. The highest BCUT2D eigenvalue weighted by molar-refractivity contribution is 9.10. The Kier molecular flexibility index (Phi) is 5.19. The Labute approximate surface area is 114 Å². The van der Waals surface area contributed by atoms with E-state index in [0.717, 1.165) is 10.9 Å². The summed E-state index contributed by atoms with van der Waals surface area (Å²) >= 11 is 6.94. The van der Waals surface area contributed by atoms with Crippen molar-refractivity contribution in [2.45, 2.75) is 38.4 Å². The van der Waals surface area contributed by atoms with Crippen molar-refractivity contribution in [3.05, 3.63) is 33.3 Å². The van der Waals surface area contributed by atoms with Crippen molar-refractivity contribution in [3.63, 3.8) is 0 Å². The van der Waals surface area contributed by atoms with Gasteiger partial charge < -0.3 is 0 Å². The Morgan fingerprint density at radius 3 is 2.25 bits per heavy atom. The summed E-state index contributed by atoms with van der Waals surface area (Å²) in [5.41, 5.74) is 3.74. The van der Waals surface area contributed by atoms with Crippen LogP contribution in [0.5, 0.6) is 0 Å². The van der Waals surface area contributed by atoms with Gasteiger partial charge in [-0.15, -0.1) is 0 Å². The van der Waals surface area contributed by atoms with Crippen LogP contribution in [-0.2, 0) is 11.2 Å². The number of carbonyl (C=O) groups excluding carboxylic acids is 1.